The molecule has 2 rings (SSSR count). The van der Waals surface area contributed by atoms with Crippen LogP contribution in [0.5, 0.6) is 0 Å². The van der Waals surface area contributed by atoms with Crippen molar-refractivity contribution in [1.29, 1.82) is 0 Å². The molecule has 3 nitrogen and oxygen atoms in total. The van der Waals surface area contributed by atoms with Gasteiger partial charge in [-0.2, -0.15) is 11.8 Å². The Labute approximate surface area is 113 Å². The molecule has 1 aromatic rings. The highest BCUT2D eigenvalue weighted by Crippen LogP contribution is 2.31. The number of thioether (sulfide) groups is 1. The monoisotopic (exact) mass is 264 g/mol. The average Bonchev–Trinajstić information content (AvgIpc) is 2.38. The van der Waals surface area contributed by atoms with E-state index >= 15 is 0 Å². The van der Waals surface area contributed by atoms with Crippen LogP contribution in [0, 0.1) is 0 Å². The van der Waals surface area contributed by atoms with E-state index in [2.05, 4.69) is 23.8 Å². The lowest BCUT2D eigenvalue weighted by Crippen LogP contribution is -2.39. The van der Waals surface area contributed by atoms with Crippen molar-refractivity contribution in [3.8, 4) is 0 Å². The number of nitrogens with one attached hydrogen (secondary N) is 2. The fourth-order valence-corrected chi connectivity index (χ4v) is 2.96. The number of benzene rings is 1. The van der Waals surface area contributed by atoms with Crippen LogP contribution in [-0.4, -0.2) is 30.5 Å². The maximum atomic E-state index is 12.3. The van der Waals surface area contributed by atoms with Crippen LogP contribution in [0.1, 0.15) is 24.8 Å². The van der Waals surface area contributed by atoms with Gasteiger partial charge in [0.2, 0.25) is 5.91 Å². The van der Waals surface area contributed by atoms with Gasteiger partial charge >= 0.3 is 0 Å². The van der Waals surface area contributed by atoms with Crippen LogP contribution >= 0.6 is 11.8 Å². The molecule has 0 bridgehead atoms. The fraction of sp³-hybridized carbons (Fsp3) is 0.500. The molecule has 1 aliphatic rings. The Morgan fingerprint density at radius 2 is 2.33 bits per heavy atom. The Balaban J connectivity index is 2.08. The van der Waals surface area contributed by atoms with Gasteiger partial charge < -0.3 is 10.6 Å². The van der Waals surface area contributed by atoms with Gasteiger partial charge in [-0.05, 0) is 31.2 Å². The molecule has 2 unspecified atom stereocenters. The predicted octanol–water partition coefficient (Wildman–Crippen LogP) is 2.45. The second-order valence-corrected chi connectivity index (χ2v) is 5.63. The second-order valence-electron chi connectivity index (χ2n) is 4.72. The Kier molecular flexibility index (Phi) is 4.53. The minimum absolute atomic E-state index is 0.00763. The highest BCUT2D eigenvalue weighted by molar-refractivity contribution is 7.98. The van der Waals surface area contributed by atoms with Crippen molar-refractivity contribution in [3.63, 3.8) is 0 Å². The van der Waals surface area contributed by atoms with Gasteiger partial charge in [-0.25, -0.2) is 0 Å². The van der Waals surface area contributed by atoms with Crippen molar-refractivity contribution in [2.75, 3.05) is 23.9 Å². The van der Waals surface area contributed by atoms with Gasteiger partial charge in [0.1, 0.15) is 0 Å². The van der Waals surface area contributed by atoms with Crippen molar-refractivity contribution in [3.05, 3.63) is 29.8 Å². The molecule has 2 N–H and O–H groups in total. The molecule has 18 heavy (non-hydrogen) atoms. The van der Waals surface area contributed by atoms with E-state index in [0.717, 1.165) is 30.0 Å². The highest BCUT2D eigenvalue weighted by atomic mass is 32.2. The zero-order valence-corrected chi connectivity index (χ0v) is 11.7. The minimum Gasteiger partial charge on any atom is -0.385 e. The summed E-state index contributed by atoms with van der Waals surface area (Å²) >= 11 is 1.76. The molecule has 0 fully saturated rings. The normalized spacial score (nSPS) is 19.6. The van der Waals surface area contributed by atoms with E-state index in [1.807, 2.05) is 24.3 Å². The van der Waals surface area contributed by atoms with Crippen LogP contribution in [0.3, 0.4) is 0 Å². The first kappa shape index (κ1) is 13.3. The predicted molar refractivity (Wildman–Crippen MR) is 78.3 cm³/mol. The minimum atomic E-state index is -0.00763. The van der Waals surface area contributed by atoms with Crippen molar-refractivity contribution >= 4 is 23.4 Å². The summed E-state index contributed by atoms with van der Waals surface area (Å²) in [6.07, 6.45) is 2.93. The zero-order valence-electron chi connectivity index (χ0n) is 10.9. The quantitative estimate of drug-likeness (QED) is 0.877. The van der Waals surface area contributed by atoms with E-state index in [4.69, 9.17) is 0 Å². The maximum Gasteiger partial charge on any atom is 0.227 e. The summed E-state index contributed by atoms with van der Waals surface area (Å²) in [7, 11) is 0. The first-order chi connectivity index (χ1) is 8.72. The number of hydrogen-bond donors (Lipinski definition) is 2. The largest absolute Gasteiger partial charge is 0.385 e. The van der Waals surface area contributed by atoms with Crippen LogP contribution in [-0.2, 0) is 4.79 Å². The van der Waals surface area contributed by atoms with E-state index in [0.29, 0.717) is 0 Å². The molecule has 4 heteroatoms. The van der Waals surface area contributed by atoms with E-state index in [1.165, 1.54) is 0 Å². The molecule has 0 spiro atoms. The molecule has 0 saturated carbocycles. The first-order valence-electron chi connectivity index (χ1n) is 6.34. The van der Waals surface area contributed by atoms with Crippen molar-refractivity contribution in [1.82, 2.24) is 5.32 Å². The maximum absolute atomic E-state index is 12.3. The number of hydrogen-bond acceptors (Lipinski definition) is 3. The van der Waals surface area contributed by atoms with Crippen molar-refractivity contribution in [2.24, 2.45) is 0 Å². The summed E-state index contributed by atoms with van der Waals surface area (Å²) in [6, 6.07) is 8.32. The molecule has 0 aliphatic carbocycles. The molecular formula is C14H20N2OS. The van der Waals surface area contributed by atoms with E-state index in [9.17, 15) is 4.79 Å². The summed E-state index contributed by atoms with van der Waals surface area (Å²) in [4.78, 5) is 12.3. The summed E-state index contributed by atoms with van der Waals surface area (Å²) in [5.74, 6) is 1.11. The van der Waals surface area contributed by atoms with Crippen LogP contribution in [0.2, 0.25) is 0 Å². The van der Waals surface area contributed by atoms with Gasteiger partial charge in [0, 0.05) is 24.0 Å². The molecule has 0 radical (unpaired) electrons. The Hall–Kier alpha value is -1.16. The van der Waals surface area contributed by atoms with E-state index in [1.54, 1.807) is 11.8 Å². The van der Waals surface area contributed by atoms with Gasteiger partial charge in [-0.3, -0.25) is 4.79 Å². The van der Waals surface area contributed by atoms with Gasteiger partial charge in [0.05, 0.1) is 5.92 Å². The number of carbonyl (C=O) groups excluding carboxylic acids is 1. The number of rotatable bonds is 4. The lowest BCUT2D eigenvalue weighted by atomic mass is 9.90. The van der Waals surface area contributed by atoms with Crippen molar-refractivity contribution < 1.29 is 4.79 Å². The first-order valence-corrected chi connectivity index (χ1v) is 7.74. The molecule has 1 aromatic carbocycles. The Morgan fingerprint density at radius 1 is 1.56 bits per heavy atom. The van der Waals surface area contributed by atoms with Crippen LogP contribution in [0.4, 0.5) is 5.69 Å². The molecule has 98 valence electrons. The smallest absolute Gasteiger partial charge is 0.227 e. The second kappa shape index (κ2) is 6.14. The third-order valence-corrected chi connectivity index (χ3v) is 4.04. The zero-order chi connectivity index (χ0) is 13.0. The number of anilines is 1. The molecule has 2 atom stereocenters. The summed E-state index contributed by atoms with van der Waals surface area (Å²) in [5, 5.41) is 6.45. The third-order valence-electron chi connectivity index (χ3n) is 3.21. The Morgan fingerprint density at radius 3 is 3.11 bits per heavy atom. The highest BCUT2D eigenvalue weighted by Gasteiger charge is 2.26. The summed E-state index contributed by atoms with van der Waals surface area (Å²) in [5.41, 5.74) is 2.22. The lowest BCUT2D eigenvalue weighted by molar-refractivity contribution is -0.123. The third kappa shape index (κ3) is 2.99. The molecule has 0 saturated heterocycles. The molecular weight excluding hydrogens is 244 g/mol. The standard InChI is InChI=1S/C14H20N2OS/c1-10(9-18-2)16-14(17)12-7-8-15-13-6-4-3-5-11(12)13/h3-6,10,12,15H,7-9H2,1-2H3,(H,16,17). The van der Waals surface area contributed by atoms with Crippen LogP contribution in [0.25, 0.3) is 0 Å². The van der Waals surface area contributed by atoms with Crippen LogP contribution in [0.15, 0.2) is 24.3 Å². The summed E-state index contributed by atoms with van der Waals surface area (Å²) in [6.45, 7) is 2.92. The summed E-state index contributed by atoms with van der Waals surface area (Å²) < 4.78 is 0. The topological polar surface area (TPSA) is 41.1 Å². The fourth-order valence-electron chi connectivity index (χ4n) is 2.38. The SMILES string of the molecule is CSCC(C)NC(=O)C1CCNc2ccccc21. The van der Waals surface area contributed by atoms with Gasteiger partial charge in [0.15, 0.2) is 0 Å². The Bertz CT molecular complexity index is 422. The average molecular weight is 264 g/mol. The molecule has 0 aromatic heterocycles. The molecule has 1 aliphatic heterocycles. The lowest BCUT2D eigenvalue weighted by Gasteiger charge is -2.27. The molecule has 1 amide bonds. The number of fused-ring (bicyclic) bond motifs is 1. The van der Waals surface area contributed by atoms with Gasteiger partial charge in [0.25, 0.3) is 0 Å². The van der Waals surface area contributed by atoms with Gasteiger partial charge in [-0.1, -0.05) is 18.2 Å². The van der Waals surface area contributed by atoms with Crippen LogP contribution < -0.4 is 10.6 Å². The molecule has 1 heterocycles. The van der Waals surface area contributed by atoms with E-state index in [-0.39, 0.29) is 17.9 Å². The number of amides is 1. The van der Waals surface area contributed by atoms with Gasteiger partial charge in [-0.15, -0.1) is 0 Å². The number of para-hydroxylation sites is 1. The number of carbonyl (C=O) groups is 1. The van der Waals surface area contributed by atoms with Crippen molar-refractivity contribution in [2.45, 2.75) is 25.3 Å². The van der Waals surface area contributed by atoms with E-state index < -0.39 is 0 Å².